The average molecular weight is 517 g/mol. The van der Waals surface area contributed by atoms with Crippen molar-refractivity contribution in [3.63, 3.8) is 0 Å². The van der Waals surface area contributed by atoms with E-state index in [1.165, 1.54) is 11.8 Å². The van der Waals surface area contributed by atoms with Gasteiger partial charge in [0.1, 0.15) is 5.75 Å². The fourth-order valence-electron chi connectivity index (χ4n) is 3.01. The maximum absolute atomic E-state index is 13.0. The molecular weight excluding hydrogens is 492 g/mol. The van der Waals surface area contributed by atoms with E-state index in [2.05, 4.69) is 20.9 Å². The predicted molar refractivity (Wildman–Crippen MR) is 132 cm³/mol. The molecule has 1 aliphatic heterocycles. The summed E-state index contributed by atoms with van der Waals surface area (Å²) in [6, 6.07) is 12.6. The lowest BCUT2D eigenvalue weighted by atomic mass is 10.2. The molecule has 2 aromatic rings. The highest BCUT2D eigenvalue weighted by Crippen LogP contribution is 2.36. The van der Waals surface area contributed by atoms with Gasteiger partial charge in [0.05, 0.1) is 29.4 Å². The Morgan fingerprint density at radius 1 is 1.19 bits per heavy atom. The molecule has 6 nitrogen and oxygen atoms in total. The molecule has 1 heterocycles. The minimum absolute atomic E-state index is 0.112. The first kappa shape index (κ1) is 24.1. The molecule has 1 aliphatic rings. The van der Waals surface area contributed by atoms with E-state index in [9.17, 15) is 9.59 Å². The third-order valence-electron chi connectivity index (χ3n) is 4.51. The fourth-order valence-corrected chi connectivity index (χ4v) is 4.45. The number of thioether (sulfide) groups is 1. The zero-order valence-corrected chi connectivity index (χ0v) is 20.7. The van der Waals surface area contributed by atoms with Gasteiger partial charge in [-0.05, 0) is 74.5 Å². The molecular formula is C24H25BrN2O4S. The minimum atomic E-state index is -0.396. The van der Waals surface area contributed by atoms with Crippen molar-refractivity contribution in [3.8, 4) is 5.75 Å². The average Bonchev–Trinajstić information content (AvgIpc) is 3.07. The molecule has 0 unspecified atom stereocenters. The first-order valence-corrected chi connectivity index (χ1v) is 12.1. The molecule has 1 fully saturated rings. The second kappa shape index (κ2) is 11.3. The number of carbonyl (C=O) groups is 2. The normalized spacial score (nSPS) is 16.1. The predicted octanol–water partition coefficient (Wildman–Crippen LogP) is 6.04. The summed E-state index contributed by atoms with van der Waals surface area (Å²) >= 11 is 4.80. The van der Waals surface area contributed by atoms with Crippen LogP contribution in [0.3, 0.4) is 0 Å². The van der Waals surface area contributed by atoms with Gasteiger partial charge in [-0.1, -0.05) is 28.9 Å². The molecule has 0 aromatic heterocycles. The summed E-state index contributed by atoms with van der Waals surface area (Å²) in [6.07, 6.45) is 2.73. The Balaban J connectivity index is 1.93. The standard InChI is InChI=1S/C24H25BrN2O4S/c1-4-12-31-20-11-10-18(25)13-17(20)15-21-22(28)27(5-2)24(32-21)26-19-9-7-8-16(14-19)23(29)30-6-3/h7-11,13-15H,4-6,12H2,1-3H3. The Hall–Kier alpha value is -2.58. The first-order valence-electron chi connectivity index (χ1n) is 10.5. The third-order valence-corrected chi connectivity index (χ3v) is 6.01. The van der Waals surface area contributed by atoms with Gasteiger partial charge in [0.25, 0.3) is 5.91 Å². The molecule has 168 valence electrons. The van der Waals surface area contributed by atoms with E-state index in [-0.39, 0.29) is 5.91 Å². The van der Waals surface area contributed by atoms with Crippen LogP contribution < -0.4 is 4.74 Å². The topological polar surface area (TPSA) is 68.2 Å². The van der Waals surface area contributed by atoms with Crippen LogP contribution in [0.25, 0.3) is 6.08 Å². The monoisotopic (exact) mass is 516 g/mol. The smallest absolute Gasteiger partial charge is 0.338 e. The number of halogens is 1. The molecule has 32 heavy (non-hydrogen) atoms. The van der Waals surface area contributed by atoms with Crippen molar-refractivity contribution in [2.75, 3.05) is 19.8 Å². The number of amides is 1. The molecule has 1 amide bonds. The van der Waals surface area contributed by atoms with Crippen LogP contribution in [0.4, 0.5) is 5.69 Å². The second-order valence-electron chi connectivity index (χ2n) is 6.86. The van der Waals surface area contributed by atoms with Crippen molar-refractivity contribution in [1.29, 1.82) is 0 Å². The number of carbonyl (C=O) groups excluding carboxylic acids is 2. The summed E-state index contributed by atoms with van der Waals surface area (Å²) in [5.74, 6) is 0.220. The van der Waals surface area contributed by atoms with E-state index in [1.807, 2.05) is 38.1 Å². The van der Waals surface area contributed by atoms with Crippen molar-refractivity contribution >= 4 is 56.5 Å². The van der Waals surface area contributed by atoms with Crippen LogP contribution in [0, 0.1) is 0 Å². The first-order chi connectivity index (χ1) is 15.5. The van der Waals surface area contributed by atoms with Gasteiger partial charge >= 0.3 is 5.97 Å². The van der Waals surface area contributed by atoms with Gasteiger partial charge in [0, 0.05) is 16.6 Å². The number of hydrogen-bond acceptors (Lipinski definition) is 6. The maximum atomic E-state index is 13.0. The molecule has 0 atom stereocenters. The summed E-state index contributed by atoms with van der Waals surface area (Å²) in [6.45, 7) is 7.10. The van der Waals surface area contributed by atoms with Gasteiger partial charge < -0.3 is 9.47 Å². The molecule has 0 aliphatic carbocycles. The van der Waals surface area contributed by atoms with E-state index in [1.54, 1.807) is 36.1 Å². The summed E-state index contributed by atoms with van der Waals surface area (Å²) in [7, 11) is 0. The van der Waals surface area contributed by atoms with Crippen molar-refractivity contribution in [3.05, 3.63) is 63.0 Å². The Morgan fingerprint density at radius 3 is 2.72 bits per heavy atom. The number of esters is 1. The summed E-state index contributed by atoms with van der Waals surface area (Å²) < 4.78 is 11.8. The van der Waals surface area contributed by atoms with Gasteiger partial charge in [0.15, 0.2) is 5.17 Å². The Bertz CT molecular complexity index is 1070. The fraction of sp³-hybridized carbons (Fsp3) is 0.292. The molecule has 8 heteroatoms. The van der Waals surface area contributed by atoms with Crippen LogP contribution in [0.5, 0.6) is 5.75 Å². The van der Waals surface area contributed by atoms with Gasteiger partial charge in [0.2, 0.25) is 0 Å². The van der Waals surface area contributed by atoms with Gasteiger partial charge in [-0.25, -0.2) is 9.79 Å². The quantitative estimate of drug-likeness (QED) is 0.316. The number of amidine groups is 1. The van der Waals surface area contributed by atoms with Crippen molar-refractivity contribution in [2.45, 2.75) is 27.2 Å². The SMILES string of the molecule is CCCOc1ccc(Br)cc1C=C1SC(=Nc2cccc(C(=O)OCC)c2)N(CC)C1=O. The highest BCUT2D eigenvalue weighted by atomic mass is 79.9. The van der Waals surface area contributed by atoms with Crippen LogP contribution in [0.1, 0.15) is 43.1 Å². The van der Waals surface area contributed by atoms with E-state index in [4.69, 9.17) is 9.47 Å². The van der Waals surface area contributed by atoms with Gasteiger partial charge in [-0.2, -0.15) is 0 Å². The molecule has 1 saturated heterocycles. The molecule has 3 rings (SSSR count). The molecule has 0 saturated carbocycles. The molecule has 0 spiro atoms. The molecule has 0 radical (unpaired) electrons. The van der Waals surface area contributed by atoms with Crippen molar-refractivity contribution in [2.24, 2.45) is 4.99 Å². The molecule has 0 bridgehead atoms. The highest BCUT2D eigenvalue weighted by molar-refractivity contribution is 9.10. The number of benzene rings is 2. The van der Waals surface area contributed by atoms with Crippen LogP contribution in [-0.2, 0) is 9.53 Å². The molecule has 2 aromatic carbocycles. The van der Waals surface area contributed by atoms with E-state index in [0.717, 1.165) is 22.2 Å². The lowest BCUT2D eigenvalue weighted by Gasteiger charge is -2.12. The number of aliphatic imine (C=N–C) groups is 1. The van der Waals surface area contributed by atoms with Crippen LogP contribution in [-0.4, -0.2) is 41.7 Å². The maximum Gasteiger partial charge on any atom is 0.338 e. The lowest BCUT2D eigenvalue weighted by Crippen LogP contribution is -2.28. The second-order valence-corrected chi connectivity index (χ2v) is 8.78. The summed E-state index contributed by atoms with van der Waals surface area (Å²) in [5.41, 5.74) is 1.83. The van der Waals surface area contributed by atoms with E-state index >= 15 is 0 Å². The van der Waals surface area contributed by atoms with Crippen LogP contribution in [0.15, 0.2) is 56.8 Å². The zero-order chi connectivity index (χ0) is 23.1. The Kier molecular flexibility index (Phi) is 8.53. The molecule has 0 N–H and O–H groups in total. The van der Waals surface area contributed by atoms with Crippen LogP contribution >= 0.6 is 27.7 Å². The highest BCUT2D eigenvalue weighted by Gasteiger charge is 2.32. The van der Waals surface area contributed by atoms with Crippen molar-refractivity contribution < 1.29 is 19.1 Å². The van der Waals surface area contributed by atoms with E-state index < -0.39 is 5.97 Å². The van der Waals surface area contributed by atoms with Crippen LogP contribution in [0.2, 0.25) is 0 Å². The van der Waals surface area contributed by atoms with Gasteiger partial charge in [-0.3, -0.25) is 9.69 Å². The number of ether oxygens (including phenoxy) is 2. The zero-order valence-electron chi connectivity index (χ0n) is 18.3. The van der Waals surface area contributed by atoms with Gasteiger partial charge in [-0.15, -0.1) is 0 Å². The minimum Gasteiger partial charge on any atom is -0.493 e. The number of likely N-dealkylation sites (N-methyl/N-ethyl adjacent to an activating group) is 1. The number of rotatable bonds is 8. The number of nitrogens with zero attached hydrogens (tertiary/aromatic N) is 2. The third kappa shape index (κ3) is 5.81. The summed E-state index contributed by atoms with van der Waals surface area (Å²) in [5, 5.41) is 0.566. The largest absolute Gasteiger partial charge is 0.493 e. The van der Waals surface area contributed by atoms with Crippen molar-refractivity contribution in [1.82, 2.24) is 4.90 Å². The lowest BCUT2D eigenvalue weighted by molar-refractivity contribution is -0.122. The number of hydrogen-bond donors (Lipinski definition) is 0. The summed E-state index contributed by atoms with van der Waals surface area (Å²) in [4.78, 5) is 31.9. The Morgan fingerprint density at radius 2 is 2.00 bits per heavy atom. The Labute approximate surface area is 200 Å². The van der Waals surface area contributed by atoms with E-state index in [0.29, 0.717) is 41.1 Å².